The van der Waals surface area contributed by atoms with Gasteiger partial charge in [-0.05, 0) is 68.8 Å². The van der Waals surface area contributed by atoms with Gasteiger partial charge in [0.05, 0.1) is 28.5 Å². The van der Waals surface area contributed by atoms with Crippen molar-refractivity contribution in [2.75, 3.05) is 6.61 Å². The summed E-state index contributed by atoms with van der Waals surface area (Å²) >= 11 is 0. The van der Waals surface area contributed by atoms with Crippen molar-refractivity contribution in [3.63, 3.8) is 0 Å². The van der Waals surface area contributed by atoms with Crippen LogP contribution in [0.3, 0.4) is 0 Å². The van der Waals surface area contributed by atoms with E-state index in [-0.39, 0.29) is 16.9 Å². The van der Waals surface area contributed by atoms with Crippen LogP contribution in [0.15, 0.2) is 60.8 Å². The van der Waals surface area contributed by atoms with E-state index in [0.717, 1.165) is 27.9 Å². The molecule has 5 rings (SSSR count). The van der Waals surface area contributed by atoms with Gasteiger partial charge < -0.3 is 14.4 Å². The molecule has 5 aromatic rings. The Labute approximate surface area is 206 Å². The Morgan fingerprint density at radius 2 is 1.86 bits per heavy atom. The van der Waals surface area contributed by atoms with Gasteiger partial charge in [-0.15, -0.1) is 0 Å². The molecule has 0 aliphatic carbocycles. The number of rotatable bonds is 7. The molecular formula is C28H25F2N3O3. The highest BCUT2D eigenvalue weighted by molar-refractivity contribution is 6.06. The standard InChI is InChI=1S/C28H25F2N3O3/c1-4-28(3,36-5-2)26-25(20-11-6-16(27(34)35)12-22(20)30)21-14-23-17(15-31-32-23)13-24(21)33(26)19-9-7-18(29)8-10-19/h6-15H,4-5H2,1-3H3,(H,31,32)(H,34,35). The number of fused-ring (bicyclic) bond motifs is 2. The monoisotopic (exact) mass is 489 g/mol. The van der Waals surface area contributed by atoms with Crippen LogP contribution in [0.2, 0.25) is 0 Å². The molecule has 1 atom stereocenters. The number of H-pyrrole nitrogens is 1. The zero-order chi connectivity index (χ0) is 25.6. The summed E-state index contributed by atoms with van der Waals surface area (Å²) in [4.78, 5) is 11.5. The molecule has 0 amide bonds. The third-order valence-corrected chi connectivity index (χ3v) is 6.74. The molecule has 6 nitrogen and oxygen atoms in total. The van der Waals surface area contributed by atoms with Crippen molar-refractivity contribution >= 4 is 27.8 Å². The quantitative estimate of drug-likeness (QED) is 0.263. The van der Waals surface area contributed by atoms with E-state index in [1.807, 2.05) is 37.5 Å². The molecule has 0 aliphatic heterocycles. The predicted octanol–water partition coefficient (Wildman–Crippen LogP) is 6.81. The summed E-state index contributed by atoms with van der Waals surface area (Å²) in [6.07, 6.45) is 2.28. The number of hydrogen-bond acceptors (Lipinski definition) is 3. The van der Waals surface area contributed by atoms with Crippen LogP contribution in [0, 0.1) is 11.6 Å². The minimum atomic E-state index is -1.21. The summed E-state index contributed by atoms with van der Waals surface area (Å²) in [6, 6.07) is 13.9. The van der Waals surface area contributed by atoms with Gasteiger partial charge in [0.2, 0.25) is 0 Å². The molecule has 0 fully saturated rings. The second-order valence-electron chi connectivity index (χ2n) is 8.88. The molecule has 184 valence electrons. The number of nitrogens with zero attached hydrogens (tertiary/aromatic N) is 2. The lowest BCUT2D eigenvalue weighted by atomic mass is 9.90. The van der Waals surface area contributed by atoms with Crippen molar-refractivity contribution in [1.29, 1.82) is 0 Å². The van der Waals surface area contributed by atoms with Crippen LogP contribution in [-0.4, -0.2) is 32.4 Å². The van der Waals surface area contributed by atoms with Crippen LogP contribution in [0.4, 0.5) is 8.78 Å². The molecule has 1 unspecified atom stereocenters. The van der Waals surface area contributed by atoms with Gasteiger partial charge in [0.1, 0.15) is 17.2 Å². The van der Waals surface area contributed by atoms with Crippen molar-refractivity contribution in [3.05, 3.63) is 83.7 Å². The summed E-state index contributed by atoms with van der Waals surface area (Å²) < 4.78 is 37.8. The lowest BCUT2D eigenvalue weighted by molar-refractivity contribution is -0.0360. The highest BCUT2D eigenvalue weighted by Gasteiger charge is 2.36. The van der Waals surface area contributed by atoms with Crippen molar-refractivity contribution in [2.24, 2.45) is 0 Å². The Hall–Kier alpha value is -4.04. The van der Waals surface area contributed by atoms with E-state index in [4.69, 9.17) is 4.74 Å². The SMILES string of the molecule is CCOC(C)(CC)c1c(-c2ccc(C(=O)O)cc2F)c2cc3[nH]ncc3cc2n1-c1ccc(F)cc1. The van der Waals surface area contributed by atoms with Gasteiger partial charge in [0, 0.05) is 34.2 Å². The van der Waals surface area contributed by atoms with Crippen molar-refractivity contribution < 1.29 is 23.4 Å². The van der Waals surface area contributed by atoms with E-state index in [1.165, 1.54) is 24.3 Å². The van der Waals surface area contributed by atoms with Crippen molar-refractivity contribution in [2.45, 2.75) is 32.8 Å². The van der Waals surface area contributed by atoms with E-state index < -0.39 is 17.4 Å². The maximum atomic E-state index is 15.6. The maximum Gasteiger partial charge on any atom is 0.335 e. The number of benzene rings is 3. The highest BCUT2D eigenvalue weighted by atomic mass is 19.1. The smallest absolute Gasteiger partial charge is 0.335 e. The third kappa shape index (κ3) is 3.74. The molecule has 8 heteroatoms. The normalized spacial score (nSPS) is 13.4. The molecule has 0 aliphatic rings. The predicted molar refractivity (Wildman–Crippen MR) is 135 cm³/mol. The molecule has 2 aromatic heterocycles. The first kappa shape index (κ1) is 23.7. The molecule has 2 N–H and O–H groups in total. The van der Waals surface area contributed by atoms with E-state index in [0.29, 0.717) is 30.0 Å². The summed E-state index contributed by atoms with van der Waals surface area (Å²) in [7, 11) is 0. The van der Waals surface area contributed by atoms with Gasteiger partial charge in [-0.1, -0.05) is 13.0 Å². The molecule has 0 saturated carbocycles. The number of aromatic amines is 1. The Morgan fingerprint density at radius 1 is 1.11 bits per heavy atom. The van der Waals surface area contributed by atoms with Crippen LogP contribution in [0.1, 0.15) is 43.2 Å². The lowest BCUT2D eigenvalue weighted by Gasteiger charge is -2.31. The molecule has 0 radical (unpaired) electrons. The third-order valence-electron chi connectivity index (χ3n) is 6.74. The van der Waals surface area contributed by atoms with Crippen LogP contribution in [-0.2, 0) is 10.3 Å². The number of ether oxygens (including phenoxy) is 1. The number of carboxylic acid groups (broad SMARTS) is 1. The second-order valence-corrected chi connectivity index (χ2v) is 8.88. The highest BCUT2D eigenvalue weighted by Crippen LogP contribution is 2.46. The van der Waals surface area contributed by atoms with Crippen molar-refractivity contribution in [3.8, 4) is 16.8 Å². The zero-order valence-electron chi connectivity index (χ0n) is 20.1. The molecule has 0 saturated heterocycles. The van der Waals surface area contributed by atoms with Gasteiger partial charge in [-0.3, -0.25) is 5.10 Å². The first-order valence-electron chi connectivity index (χ1n) is 11.7. The van der Waals surface area contributed by atoms with Gasteiger partial charge in [-0.25, -0.2) is 13.6 Å². The fourth-order valence-electron chi connectivity index (χ4n) is 4.86. The first-order chi connectivity index (χ1) is 17.3. The minimum Gasteiger partial charge on any atom is -0.478 e. The molecule has 0 bridgehead atoms. The number of aromatic nitrogens is 3. The van der Waals surface area contributed by atoms with Crippen LogP contribution < -0.4 is 0 Å². The molecule has 3 aromatic carbocycles. The Bertz CT molecular complexity index is 1600. The molecule has 36 heavy (non-hydrogen) atoms. The van der Waals surface area contributed by atoms with Crippen LogP contribution >= 0.6 is 0 Å². The number of nitrogens with one attached hydrogen (secondary N) is 1. The van der Waals surface area contributed by atoms with Crippen molar-refractivity contribution in [1.82, 2.24) is 14.8 Å². The Balaban J connectivity index is 1.98. The van der Waals surface area contributed by atoms with Gasteiger partial charge in [0.25, 0.3) is 0 Å². The summed E-state index contributed by atoms with van der Waals surface area (Å²) in [5, 5.41) is 18.1. The number of carbonyl (C=O) groups is 1. The largest absolute Gasteiger partial charge is 0.478 e. The second kappa shape index (κ2) is 8.87. The Morgan fingerprint density at radius 3 is 2.50 bits per heavy atom. The minimum absolute atomic E-state index is 0.140. The topological polar surface area (TPSA) is 80.1 Å². The number of halogens is 2. The maximum absolute atomic E-state index is 15.6. The van der Waals surface area contributed by atoms with E-state index in [1.54, 1.807) is 18.3 Å². The number of aromatic carboxylic acids is 1. The van der Waals surface area contributed by atoms with Gasteiger partial charge in [-0.2, -0.15) is 5.10 Å². The van der Waals surface area contributed by atoms with Crippen LogP contribution in [0.5, 0.6) is 0 Å². The van der Waals surface area contributed by atoms with Crippen LogP contribution in [0.25, 0.3) is 38.6 Å². The number of carboxylic acids is 1. The van der Waals surface area contributed by atoms with E-state index >= 15 is 4.39 Å². The average molecular weight is 490 g/mol. The summed E-state index contributed by atoms with van der Waals surface area (Å²) in [5.74, 6) is -2.23. The van der Waals surface area contributed by atoms with E-state index in [2.05, 4.69) is 10.2 Å². The average Bonchev–Trinajstić information content (AvgIpc) is 3.45. The summed E-state index contributed by atoms with van der Waals surface area (Å²) in [6.45, 7) is 6.25. The lowest BCUT2D eigenvalue weighted by Crippen LogP contribution is -2.29. The fraction of sp³-hybridized carbons (Fsp3) is 0.214. The molecular weight excluding hydrogens is 464 g/mol. The van der Waals surface area contributed by atoms with E-state index in [9.17, 15) is 14.3 Å². The number of hydrogen-bond donors (Lipinski definition) is 2. The zero-order valence-corrected chi connectivity index (χ0v) is 20.1. The first-order valence-corrected chi connectivity index (χ1v) is 11.7. The van der Waals surface area contributed by atoms with Gasteiger partial charge >= 0.3 is 5.97 Å². The summed E-state index contributed by atoms with van der Waals surface area (Å²) in [5.41, 5.74) is 2.76. The molecule has 0 spiro atoms. The molecule has 2 heterocycles. The fourth-order valence-corrected chi connectivity index (χ4v) is 4.86. The Kier molecular flexibility index (Phi) is 5.84. The van der Waals surface area contributed by atoms with Gasteiger partial charge in [0.15, 0.2) is 0 Å².